The summed E-state index contributed by atoms with van der Waals surface area (Å²) in [4.78, 5) is 2.52. The summed E-state index contributed by atoms with van der Waals surface area (Å²) in [6.07, 6.45) is 2.75. The van der Waals surface area contributed by atoms with Crippen LogP contribution >= 0.6 is 0 Å². The Hall–Kier alpha value is -1.00. The maximum atomic E-state index is 12.9. The van der Waals surface area contributed by atoms with Gasteiger partial charge in [-0.25, -0.2) is 16.8 Å². The Balaban J connectivity index is 1.78. The van der Waals surface area contributed by atoms with Crippen LogP contribution in [0.5, 0.6) is 0 Å². The largest absolute Gasteiger partial charge is 0.301 e. The molecule has 3 rings (SSSR count). The van der Waals surface area contributed by atoms with Crippen LogP contribution in [0.4, 0.5) is 0 Å². The van der Waals surface area contributed by atoms with Crippen molar-refractivity contribution in [2.45, 2.75) is 48.9 Å². The van der Waals surface area contributed by atoms with Crippen LogP contribution in [0.15, 0.2) is 34.1 Å². The van der Waals surface area contributed by atoms with Gasteiger partial charge in [0.25, 0.3) is 0 Å². The number of rotatable bonds is 5. The fourth-order valence-electron chi connectivity index (χ4n) is 3.78. The molecule has 2 aliphatic heterocycles. The molecule has 2 saturated heterocycles. The first kappa shape index (κ1) is 20.7. The van der Waals surface area contributed by atoms with E-state index in [0.29, 0.717) is 19.6 Å². The number of likely N-dealkylation sites (N-methyl/N-ethyl adjacent to an activating group) is 1. The van der Waals surface area contributed by atoms with E-state index in [0.717, 1.165) is 38.9 Å². The number of piperazine rings is 1. The predicted molar refractivity (Wildman–Crippen MR) is 105 cm³/mol. The lowest BCUT2D eigenvalue weighted by Gasteiger charge is -2.33. The van der Waals surface area contributed by atoms with Crippen molar-refractivity contribution in [3.63, 3.8) is 0 Å². The van der Waals surface area contributed by atoms with Crippen LogP contribution in [-0.4, -0.2) is 75.7 Å². The molecule has 2 fully saturated rings. The van der Waals surface area contributed by atoms with Gasteiger partial charge in [-0.3, -0.25) is 0 Å². The van der Waals surface area contributed by atoms with E-state index in [4.69, 9.17) is 0 Å². The van der Waals surface area contributed by atoms with E-state index in [1.807, 2.05) is 6.92 Å². The van der Waals surface area contributed by atoms with E-state index in [1.54, 1.807) is 0 Å². The molecule has 9 heteroatoms. The molecule has 2 aliphatic rings. The van der Waals surface area contributed by atoms with Crippen LogP contribution in [0.3, 0.4) is 0 Å². The Labute approximate surface area is 163 Å². The normalized spacial score (nSPS) is 24.1. The molecule has 0 amide bonds. The van der Waals surface area contributed by atoms with Crippen molar-refractivity contribution in [3.05, 3.63) is 24.3 Å². The van der Waals surface area contributed by atoms with Gasteiger partial charge in [0.15, 0.2) is 0 Å². The number of piperidine rings is 1. The molecule has 2 heterocycles. The Kier molecular flexibility index (Phi) is 6.27. The molecule has 0 N–H and O–H groups in total. The minimum Gasteiger partial charge on any atom is -0.301 e. The van der Waals surface area contributed by atoms with Crippen molar-refractivity contribution in [1.29, 1.82) is 0 Å². The third-order valence-electron chi connectivity index (χ3n) is 5.59. The number of sulfonamides is 2. The van der Waals surface area contributed by atoms with Gasteiger partial charge in [-0.05, 0) is 50.6 Å². The molecule has 0 bridgehead atoms. The average Bonchev–Trinajstić information content (AvgIpc) is 2.68. The monoisotopic (exact) mass is 415 g/mol. The third-order valence-corrected chi connectivity index (χ3v) is 9.53. The molecule has 1 unspecified atom stereocenters. The molecule has 0 spiro atoms. The Morgan fingerprint density at radius 2 is 1.41 bits per heavy atom. The highest BCUT2D eigenvalue weighted by molar-refractivity contribution is 7.89. The summed E-state index contributed by atoms with van der Waals surface area (Å²) in [6, 6.07) is 5.66. The van der Waals surface area contributed by atoms with Gasteiger partial charge < -0.3 is 4.90 Å². The van der Waals surface area contributed by atoms with Gasteiger partial charge in [-0.15, -0.1) is 0 Å². The van der Waals surface area contributed by atoms with Gasteiger partial charge in [0.05, 0.1) is 9.79 Å². The van der Waals surface area contributed by atoms with Gasteiger partial charge in [0.2, 0.25) is 20.0 Å². The lowest BCUT2D eigenvalue weighted by molar-refractivity contribution is 0.196. The molecular weight excluding hydrogens is 386 g/mol. The first-order chi connectivity index (χ1) is 12.8. The SMILES string of the molecule is CCN1CCN(S(=O)(=O)c2ccc(S(=O)(=O)N3CCCCC3C)cc2)CC1. The summed E-state index contributed by atoms with van der Waals surface area (Å²) < 4.78 is 54.5. The first-order valence-electron chi connectivity index (χ1n) is 9.61. The zero-order valence-corrected chi connectivity index (χ0v) is 17.7. The highest BCUT2D eigenvalue weighted by Crippen LogP contribution is 2.26. The zero-order valence-electron chi connectivity index (χ0n) is 16.0. The standard InChI is InChI=1S/C18H29N3O4S2/c1-3-19-12-14-20(15-13-19)26(22,23)17-7-9-18(10-8-17)27(24,25)21-11-5-4-6-16(21)2/h7-10,16H,3-6,11-15H2,1-2H3. The minimum atomic E-state index is -3.59. The summed E-state index contributed by atoms with van der Waals surface area (Å²) >= 11 is 0. The quantitative estimate of drug-likeness (QED) is 0.730. The second-order valence-electron chi connectivity index (χ2n) is 7.27. The molecular formula is C18H29N3O4S2. The van der Waals surface area contributed by atoms with E-state index in [-0.39, 0.29) is 15.8 Å². The number of nitrogens with zero attached hydrogens (tertiary/aromatic N) is 3. The first-order valence-corrected chi connectivity index (χ1v) is 12.5. The Bertz CT molecular complexity index is 845. The molecule has 152 valence electrons. The van der Waals surface area contributed by atoms with Crippen molar-refractivity contribution in [2.75, 3.05) is 39.3 Å². The molecule has 27 heavy (non-hydrogen) atoms. The maximum Gasteiger partial charge on any atom is 0.243 e. The fourth-order valence-corrected chi connectivity index (χ4v) is 6.90. The van der Waals surface area contributed by atoms with Gasteiger partial charge >= 0.3 is 0 Å². The molecule has 7 nitrogen and oxygen atoms in total. The van der Waals surface area contributed by atoms with Crippen LogP contribution in [0.1, 0.15) is 33.1 Å². The average molecular weight is 416 g/mol. The Morgan fingerprint density at radius 3 is 1.93 bits per heavy atom. The smallest absolute Gasteiger partial charge is 0.243 e. The summed E-state index contributed by atoms with van der Waals surface area (Å²) in [5.74, 6) is 0. The summed E-state index contributed by atoms with van der Waals surface area (Å²) in [7, 11) is -7.18. The topological polar surface area (TPSA) is 78.0 Å². The molecule has 0 saturated carbocycles. The van der Waals surface area contributed by atoms with Gasteiger partial charge in [-0.2, -0.15) is 8.61 Å². The number of hydrogen-bond acceptors (Lipinski definition) is 5. The second-order valence-corrected chi connectivity index (χ2v) is 11.1. The summed E-state index contributed by atoms with van der Waals surface area (Å²) in [5, 5.41) is 0. The van der Waals surface area contributed by atoms with Gasteiger partial charge in [-0.1, -0.05) is 13.3 Å². The van der Waals surface area contributed by atoms with Crippen LogP contribution in [0.25, 0.3) is 0 Å². The molecule has 0 aromatic heterocycles. The molecule has 0 aliphatic carbocycles. The van der Waals surface area contributed by atoms with E-state index >= 15 is 0 Å². The van der Waals surface area contributed by atoms with E-state index in [1.165, 1.54) is 32.9 Å². The predicted octanol–water partition coefficient (Wildman–Crippen LogP) is 1.58. The van der Waals surface area contributed by atoms with E-state index < -0.39 is 20.0 Å². The molecule has 1 aromatic carbocycles. The van der Waals surface area contributed by atoms with Gasteiger partial charge in [0.1, 0.15) is 0 Å². The summed E-state index contributed by atoms with van der Waals surface area (Å²) in [6.45, 7) is 7.77. The van der Waals surface area contributed by atoms with Crippen LogP contribution < -0.4 is 0 Å². The van der Waals surface area contributed by atoms with Gasteiger partial charge in [0, 0.05) is 38.8 Å². The maximum absolute atomic E-state index is 12.9. The van der Waals surface area contributed by atoms with Crippen LogP contribution in [0, 0.1) is 0 Å². The lowest BCUT2D eigenvalue weighted by atomic mass is 10.1. The highest BCUT2D eigenvalue weighted by atomic mass is 32.2. The Morgan fingerprint density at radius 1 is 0.852 bits per heavy atom. The molecule has 0 radical (unpaired) electrons. The van der Waals surface area contributed by atoms with E-state index in [9.17, 15) is 16.8 Å². The minimum absolute atomic E-state index is 0.0259. The third kappa shape index (κ3) is 4.22. The molecule has 1 aromatic rings. The summed E-state index contributed by atoms with van der Waals surface area (Å²) in [5.41, 5.74) is 0. The van der Waals surface area contributed by atoms with Crippen molar-refractivity contribution < 1.29 is 16.8 Å². The second kappa shape index (κ2) is 8.16. The van der Waals surface area contributed by atoms with Crippen molar-refractivity contribution in [3.8, 4) is 0 Å². The van der Waals surface area contributed by atoms with Crippen molar-refractivity contribution >= 4 is 20.0 Å². The van der Waals surface area contributed by atoms with Crippen molar-refractivity contribution in [2.24, 2.45) is 0 Å². The fraction of sp³-hybridized carbons (Fsp3) is 0.667. The zero-order chi connectivity index (χ0) is 19.7. The number of hydrogen-bond donors (Lipinski definition) is 0. The molecule has 1 atom stereocenters. The van der Waals surface area contributed by atoms with E-state index in [2.05, 4.69) is 11.8 Å². The lowest BCUT2D eigenvalue weighted by Crippen LogP contribution is -2.48. The number of benzene rings is 1. The van der Waals surface area contributed by atoms with Crippen LogP contribution in [-0.2, 0) is 20.0 Å². The highest BCUT2D eigenvalue weighted by Gasteiger charge is 2.32. The van der Waals surface area contributed by atoms with Crippen molar-refractivity contribution in [1.82, 2.24) is 13.5 Å². The van der Waals surface area contributed by atoms with Crippen LogP contribution in [0.2, 0.25) is 0 Å².